The fraction of sp³-hybridized carbons (Fsp3) is 0.250. The molecule has 7 heavy (non-hydrogen) atoms. The number of halogens is 1. The van der Waals surface area contributed by atoms with E-state index in [-0.39, 0.29) is 0 Å². The molecule has 0 fully saturated rings. The molecule has 0 spiro atoms. The maximum Gasteiger partial charge on any atom is 0.0981 e. The van der Waals surface area contributed by atoms with Crippen molar-refractivity contribution in [3.05, 3.63) is 12.3 Å². The summed E-state index contributed by atoms with van der Waals surface area (Å²) in [5.74, 6) is 0. The fourth-order valence-electron chi connectivity index (χ4n) is 0.156. The summed E-state index contributed by atoms with van der Waals surface area (Å²) < 4.78 is 0.377. The Morgan fingerprint density at radius 2 is 2.43 bits per heavy atom. The molecule has 0 aliphatic rings. The number of hydrogen-bond donors (Lipinski definition) is 2. The summed E-state index contributed by atoms with van der Waals surface area (Å²) in [5.41, 5.74) is 0. The summed E-state index contributed by atoms with van der Waals surface area (Å²) in [4.78, 5) is 0. The van der Waals surface area contributed by atoms with Crippen LogP contribution in [0.15, 0.2) is 12.3 Å². The van der Waals surface area contributed by atoms with E-state index in [0.717, 1.165) is 0 Å². The lowest BCUT2D eigenvalue weighted by atomic mass is 10.7. The van der Waals surface area contributed by atoms with Crippen LogP contribution in [-0.2, 0) is 0 Å². The molecule has 0 aliphatic heterocycles. The highest BCUT2D eigenvalue weighted by atomic mass is 79.9. The minimum Gasteiger partial charge on any atom is -0.394 e. The maximum atomic E-state index is 6.79. The topological polar surface area (TPSA) is 35.9 Å². The number of allylic oxidation sites excluding steroid dienone is 1. The molecule has 0 aromatic rings. The van der Waals surface area contributed by atoms with Gasteiger partial charge in [0.1, 0.15) is 0 Å². The van der Waals surface area contributed by atoms with Crippen LogP contribution in [0.1, 0.15) is 0 Å². The van der Waals surface area contributed by atoms with Gasteiger partial charge in [-0.15, -0.1) is 0 Å². The first-order chi connectivity index (χ1) is 3.27. The van der Waals surface area contributed by atoms with Crippen LogP contribution in [0.3, 0.4) is 0 Å². The average molecular weight is 163 g/mol. The van der Waals surface area contributed by atoms with Crippen molar-refractivity contribution in [1.29, 1.82) is 5.41 Å². The Bertz CT molecular complexity index is 87.7. The third kappa shape index (κ3) is 5.69. The highest BCUT2D eigenvalue weighted by molar-refractivity contribution is 9.18. The molecule has 0 aromatic heterocycles. The molecule has 0 bridgehead atoms. The van der Waals surface area contributed by atoms with Gasteiger partial charge in [0.15, 0.2) is 0 Å². The smallest absolute Gasteiger partial charge is 0.0981 e. The zero-order valence-electron chi connectivity index (χ0n) is 4.03. The summed E-state index contributed by atoms with van der Waals surface area (Å²) in [6, 6.07) is 0. The van der Waals surface area contributed by atoms with Gasteiger partial charge in [-0.2, -0.15) is 0 Å². The second-order valence-corrected chi connectivity index (χ2v) is 1.82. The van der Waals surface area contributed by atoms with Gasteiger partial charge in [0, 0.05) is 7.05 Å². The summed E-state index contributed by atoms with van der Waals surface area (Å²) in [5, 5.41) is 9.54. The standard InChI is InChI=1S/C4H7BrN2/c1-7-3-2-4(5)6/h2-3,6-7H,1H3/b3-2-,6-4?. The zero-order chi connectivity index (χ0) is 5.70. The Kier molecular flexibility index (Phi) is 3.69. The van der Waals surface area contributed by atoms with E-state index >= 15 is 0 Å². The normalized spacial score (nSPS) is 9.43. The SMILES string of the molecule is CN/C=C\C(=N)Br. The molecule has 0 unspecified atom stereocenters. The quantitative estimate of drug-likeness (QED) is 0.587. The van der Waals surface area contributed by atoms with Gasteiger partial charge in [-0.25, -0.2) is 0 Å². The molecule has 40 valence electrons. The Hall–Kier alpha value is -0.310. The first-order valence-electron chi connectivity index (χ1n) is 1.85. The van der Waals surface area contributed by atoms with Crippen LogP contribution < -0.4 is 5.32 Å². The molecule has 2 N–H and O–H groups in total. The van der Waals surface area contributed by atoms with Crippen LogP contribution in [0, 0.1) is 5.41 Å². The minimum atomic E-state index is 0.377. The van der Waals surface area contributed by atoms with Crippen LogP contribution in [0.2, 0.25) is 0 Å². The molecule has 0 radical (unpaired) electrons. The lowest BCUT2D eigenvalue weighted by Crippen LogP contribution is -1.91. The third-order valence-corrected chi connectivity index (χ3v) is 0.661. The van der Waals surface area contributed by atoms with Crippen molar-refractivity contribution in [3.63, 3.8) is 0 Å². The van der Waals surface area contributed by atoms with Crippen LogP contribution in [0.25, 0.3) is 0 Å². The van der Waals surface area contributed by atoms with Crippen molar-refractivity contribution >= 4 is 20.6 Å². The van der Waals surface area contributed by atoms with Crippen LogP contribution in [0.5, 0.6) is 0 Å². The third-order valence-electron chi connectivity index (χ3n) is 0.396. The Morgan fingerprint density at radius 1 is 1.86 bits per heavy atom. The van der Waals surface area contributed by atoms with Crippen molar-refractivity contribution in [2.75, 3.05) is 7.05 Å². The summed E-state index contributed by atoms with van der Waals surface area (Å²) in [6.45, 7) is 0. The van der Waals surface area contributed by atoms with Gasteiger partial charge in [0.2, 0.25) is 0 Å². The van der Waals surface area contributed by atoms with Crippen molar-refractivity contribution in [2.24, 2.45) is 0 Å². The van der Waals surface area contributed by atoms with Crippen molar-refractivity contribution in [2.45, 2.75) is 0 Å². The maximum absolute atomic E-state index is 6.79. The Labute approximate surface area is 51.2 Å². The molecule has 3 heteroatoms. The molecule has 0 rings (SSSR count). The molecule has 0 heterocycles. The first kappa shape index (κ1) is 6.69. The van der Waals surface area contributed by atoms with E-state index in [2.05, 4.69) is 21.2 Å². The van der Waals surface area contributed by atoms with Crippen LogP contribution in [-0.4, -0.2) is 11.7 Å². The molecule has 0 aromatic carbocycles. The Morgan fingerprint density at radius 3 is 2.57 bits per heavy atom. The lowest BCUT2D eigenvalue weighted by Gasteiger charge is -1.80. The molecule has 0 saturated heterocycles. The lowest BCUT2D eigenvalue weighted by molar-refractivity contribution is 1.11. The average Bonchev–Trinajstić information content (AvgIpc) is 1.61. The van der Waals surface area contributed by atoms with Gasteiger partial charge >= 0.3 is 0 Å². The zero-order valence-corrected chi connectivity index (χ0v) is 5.62. The first-order valence-corrected chi connectivity index (χ1v) is 2.64. The predicted octanol–water partition coefficient (Wildman–Crippen LogP) is 1.09. The van der Waals surface area contributed by atoms with Gasteiger partial charge in [0.05, 0.1) is 4.62 Å². The molecule has 0 saturated carbocycles. The Balaban J connectivity index is 3.26. The largest absolute Gasteiger partial charge is 0.394 e. The number of nitrogens with one attached hydrogen (secondary N) is 2. The van der Waals surface area contributed by atoms with Gasteiger partial charge in [-0.05, 0) is 28.2 Å². The summed E-state index contributed by atoms with van der Waals surface area (Å²) in [7, 11) is 1.78. The molecule has 0 amide bonds. The fourth-order valence-corrected chi connectivity index (χ4v) is 0.289. The van der Waals surface area contributed by atoms with Gasteiger partial charge in [-0.3, -0.25) is 5.41 Å². The van der Waals surface area contributed by atoms with Gasteiger partial charge in [0.25, 0.3) is 0 Å². The second kappa shape index (κ2) is 3.87. The van der Waals surface area contributed by atoms with Crippen molar-refractivity contribution in [3.8, 4) is 0 Å². The van der Waals surface area contributed by atoms with E-state index < -0.39 is 0 Å². The predicted molar refractivity (Wildman–Crippen MR) is 34.9 cm³/mol. The van der Waals surface area contributed by atoms with E-state index in [1.54, 1.807) is 19.3 Å². The number of hydrogen-bond acceptors (Lipinski definition) is 2. The minimum absolute atomic E-state index is 0.377. The van der Waals surface area contributed by atoms with Gasteiger partial charge in [-0.1, -0.05) is 0 Å². The van der Waals surface area contributed by atoms with E-state index in [1.807, 2.05) is 0 Å². The molecular formula is C4H7BrN2. The molecule has 0 aliphatic carbocycles. The second-order valence-electron chi connectivity index (χ2n) is 0.970. The highest BCUT2D eigenvalue weighted by Gasteiger charge is 1.72. The van der Waals surface area contributed by atoms with Crippen molar-refractivity contribution in [1.82, 2.24) is 5.32 Å². The molecular weight excluding hydrogens is 156 g/mol. The summed E-state index contributed by atoms with van der Waals surface area (Å²) in [6.07, 6.45) is 3.29. The highest BCUT2D eigenvalue weighted by Crippen LogP contribution is 1.83. The van der Waals surface area contributed by atoms with E-state index in [4.69, 9.17) is 5.41 Å². The van der Waals surface area contributed by atoms with E-state index in [0.29, 0.717) is 4.62 Å². The van der Waals surface area contributed by atoms with E-state index in [1.165, 1.54) is 0 Å². The summed E-state index contributed by atoms with van der Waals surface area (Å²) >= 11 is 2.93. The van der Waals surface area contributed by atoms with Gasteiger partial charge < -0.3 is 5.32 Å². The van der Waals surface area contributed by atoms with E-state index in [9.17, 15) is 0 Å². The van der Waals surface area contributed by atoms with Crippen LogP contribution in [0.4, 0.5) is 0 Å². The van der Waals surface area contributed by atoms with Crippen molar-refractivity contribution < 1.29 is 0 Å². The van der Waals surface area contributed by atoms with Crippen LogP contribution >= 0.6 is 15.9 Å². The number of rotatable bonds is 2. The molecule has 0 atom stereocenters. The molecule has 2 nitrogen and oxygen atoms in total. The monoisotopic (exact) mass is 162 g/mol.